The van der Waals surface area contributed by atoms with Crippen LogP contribution in [0, 0.1) is 6.92 Å². The Balaban J connectivity index is 2.64. The summed E-state index contributed by atoms with van der Waals surface area (Å²) in [6.07, 6.45) is 3.51. The molecule has 1 aromatic heterocycles. The summed E-state index contributed by atoms with van der Waals surface area (Å²) in [5.74, 6) is 0. The first-order valence-electron chi connectivity index (χ1n) is 4.55. The van der Waals surface area contributed by atoms with Gasteiger partial charge in [0.2, 0.25) is 0 Å². The Labute approximate surface area is 97.4 Å². The van der Waals surface area contributed by atoms with Crippen molar-refractivity contribution >= 4 is 38.9 Å². The molecule has 1 atom stereocenters. The van der Waals surface area contributed by atoms with Crippen LogP contribution in [0.3, 0.4) is 0 Å². The maximum absolute atomic E-state index is 6.29. The first-order chi connectivity index (χ1) is 6.15. The van der Waals surface area contributed by atoms with Gasteiger partial charge in [0.05, 0.1) is 9.16 Å². The standard InChI is InChI=1S/C10H14BrClS/c1-3-4-5-9(12)8-6-10(11)13-7(8)2/h6,9H,3-5H2,1-2H3. The molecule has 0 bridgehead atoms. The third-order valence-electron chi connectivity index (χ3n) is 2.07. The van der Waals surface area contributed by atoms with Gasteiger partial charge in [-0.15, -0.1) is 22.9 Å². The molecule has 0 nitrogen and oxygen atoms in total. The molecule has 0 saturated carbocycles. The highest BCUT2D eigenvalue weighted by Crippen LogP contribution is 2.35. The molecule has 1 rings (SSSR count). The average molecular weight is 282 g/mol. The molecule has 74 valence electrons. The zero-order valence-corrected chi connectivity index (χ0v) is 11.1. The van der Waals surface area contributed by atoms with Gasteiger partial charge in [-0.25, -0.2) is 0 Å². The van der Waals surface area contributed by atoms with Crippen molar-refractivity contribution in [3.8, 4) is 0 Å². The highest BCUT2D eigenvalue weighted by Gasteiger charge is 2.12. The van der Waals surface area contributed by atoms with Crippen molar-refractivity contribution in [2.75, 3.05) is 0 Å². The maximum Gasteiger partial charge on any atom is 0.0704 e. The average Bonchev–Trinajstić information content (AvgIpc) is 2.41. The highest BCUT2D eigenvalue weighted by atomic mass is 79.9. The van der Waals surface area contributed by atoms with E-state index in [1.165, 1.54) is 27.1 Å². The zero-order valence-electron chi connectivity index (χ0n) is 7.94. The van der Waals surface area contributed by atoms with Crippen LogP contribution >= 0.6 is 38.9 Å². The fourth-order valence-corrected chi connectivity index (χ4v) is 3.53. The lowest BCUT2D eigenvalue weighted by Crippen LogP contribution is -1.89. The summed E-state index contributed by atoms with van der Waals surface area (Å²) in [6, 6.07) is 2.15. The van der Waals surface area contributed by atoms with Crippen LogP contribution in [0.25, 0.3) is 0 Å². The van der Waals surface area contributed by atoms with Crippen LogP contribution in [0.5, 0.6) is 0 Å². The van der Waals surface area contributed by atoms with Gasteiger partial charge in [0, 0.05) is 4.88 Å². The molecule has 1 aromatic rings. The fraction of sp³-hybridized carbons (Fsp3) is 0.600. The molecule has 0 amide bonds. The Bertz CT molecular complexity index is 270. The zero-order chi connectivity index (χ0) is 9.84. The van der Waals surface area contributed by atoms with E-state index in [0.717, 1.165) is 6.42 Å². The van der Waals surface area contributed by atoms with Crippen LogP contribution in [0.4, 0.5) is 0 Å². The Morgan fingerprint density at radius 3 is 2.77 bits per heavy atom. The van der Waals surface area contributed by atoms with E-state index < -0.39 is 0 Å². The van der Waals surface area contributed by atoms with Crippen molar-refractivity contribution in [2.24, 2.45) is 0 Å². The van der Waals surface area contributed by atoms with E-state index in [2.05, 4.69) is 35.8 Å². The molecule has 0 aliphatic carbocycles. The molecule has 0 aliphatic heterocycles. The van der Waals surface area contributed by atoms with Gasteiger partial charge in [0.15, 0.2) is 0 Å². The van der Waals surface area contributed by atoms with Crippen molar-refractivity contribution in [2.45, 2.75) is 38.5 Å². The van der Waals surface area contributed by atoms with E-state index in [1.54, 1.807) is 11.3 Å². The van der Waals surface area contributed by atoms with Crippen molar-refractivity contribution in [1.82, 2.24) is 0 Å². The van der Waals surface area contributed by atoms with Crippen molar-refractivity contribution in [3.05, 3.63) is 20.3 Å². The molecule has 0 spiro atoms. The molecule has 0 aromatic carbocycles. The second-order valence-corrected chi connectivity index (χ2v) is 6.33. The molecule has 1 unspecified atom stereocenters. The molecule has 0 N–H and O–H groups in total. The van der Waals surface area contributed by atoms with Crippen LogP contribution in [0.1, 0.15) is 42.0 Å². The number of halogens is 2. The second-order valence-electron chi connectivity index (χ2n) is 3.17. The van der Waals surface area contributed by atoms with Gasteiger partial charge in [0.25, 0.3) is 0 Å². The summed E-state index contributed by atoms with van der Waals surface area (Å²) in [5, 5.41) is 0.197. The van der Waals surface area contributed by atoms with E-state index in [0.29, 0.717) is 0 Å². The van der Waals surface area contributed by atoms with E-state index in [1.807, 2.05) is 0 Å². The summed E-state index contributed by atoms with van der Waals surface area (Å²) >= 11 is 11.5. The topological polar surface area (TPSA) is 0 Å². The van der Waals surface area contributed by atoms with Crippen molar-refractivity contribution in [3.63, 3.8) is 0 Å². The first-order valence-corrected chi connectivity index (χ1v) is 6.59. The van der Waals surface area contributed by atoms with Gasteiger partial charge < -0.3 is 0 Å². The van der Waals surface area contributed by atoms with Crippen LogP contribution < -0.4 is 0 Å². The number of hydrogen-bond donors (Lipinski definition) is 0. The van der Waals surface area contributed by atoms with Crippen LogP contribution in [-0.2, 0) is 0 Å². The monoisotopic (exact) mass is 280 g/mol. The van der Waals surface area contributed by atoms with Crippen molar-refractivity contribution in [1.29, 1.82) is 0 Å². The van der Waals surface area contributed by atoms with Crippen LogP contribution in [0.2, 0.25) is 0 Å². The minimum atomic E-state index is 0.197. The molecule has 0 fully saturated rings. The third-order valence-corrected chi connectivity index (χ3v) is 4.10. The van der Waals surface area contributed by atoms with Crippen LogP contribution in [0.15, 0.2) is 9.85 Å². The van der Waals surface area contributed by atoms with Gasteiger partial charge in [-0.3, -0.25) is 0 Å². The van der Waals surface area contributed by atoms with E-state index >= 15 is 0 Å². The molecule has 3 heteroatoms. The summed E-state index contributed by atoms with van der Waals surface area (Å²) in [5.41, 5.74) is 1.30. The predicted molar refractivity (Wildman–Crippen MR) is 64.9 cm³/mol. The second kappa shape index (κ2) is 5.38. The van der Waals surface area contributed by atoms with E-state index in [9.17, 15) is 0 Å². The predicted octanol–water partition coefficient (Wildman–Crippen LogP) is 5.29. The van der Waals surface area contributed by atoms with Crippen LogP contribution in [-0.4, -0.2) is 0 Å². The molecule has 0 radical (unpaired) electrons. The number of rotatable bonds is 4. The van der Waals surface area contributed by atoms with Gasteiger partial charge in [-0.1, -0.05) is 19.8 Å². The number of aryl methyl sites for hydroxylation is 1. The largest absolute Gasteiger partial charge is 0.133 e. The van der Waals surface area contributed by atoms with Crippen molar-refractivity contribution < 1.29 is 0 Å². The van der Waals surface area contributed by atoms with E-state index in [4.69, 9.17) is 11.6 Å². The summed E-state index contributed by atoms with van der Waals surface area (Å²) in [4.78, 5) is 1.34. The maximum atomic E-state index is 6.29. The highest BCUT2D eigenvalue weighted by molar-refractivity contribution is 9.11. The Kier molecular flexibility index (Phi) is 4.77. The number of alkyl halides is 1. The summed E-state index contributed by atoms with van der Waals surface area (Å²) < 4.78 is 1.18. The SMILES string of the molecule is CCCCC(Cl)c1cc(Br)sc1C. The van der Waals surface area contributed by atoms with Gasteiger partial charge in [0.1, 0.15) is 0 Å². The third kappa shape index (κ3) is 3.26. The molecule has 0 saturated heterocycles. The Hall–Kier alpha value is 0.470. The lowest BCUT2D eigenvalue weighted by atomic mass is 10.1. The number of unbranched alkanes of at least 4 members (excludes halogenated alkanes) is 1. The fourth-order valence-electron chi connectivity index (χ4n) is 1.31. The molecular weight excluding hydrogens is 268 g/mol. The first kappa shape index (κ1) is 11.5. The quantitative estimate of drug-likeness (QED) is 0.658. The lowest BCUT2D eigenvalue weighted by Gasteiger charge is -2.07. The van der Waals surface area contributed by atoms with Gasteiger partial charge in [-0.2, -0.15) is 0 Å². The number of hydrogen-bond acceptors (Lipinski definition) is 1. The van der Waals surface area contributed by atoms with E-state index in [-0.39, 0.29) is 5.38 Å². The molecular formula is C10H14BrClS. The smallest absolute Gasteiger partial charge is 0.0704 e. The Morgan fingerprint density at radius 2 is 2.31 bits per heavy atom. The Morgan fingerprint density at radius 1 is 1.62 bits per heavy atom. The lowest BCUT2D eigenvalue weighted by molar-refractivity contribution is 0.700. The van der Waals surface area contributed by atoms with Gasteiger partial charge in [-0.05, 0) is 40.9 Å². The van der Waals surface area contributed by atoms with Gasteiger partial charge >= 0.3 is 0 Å². The molecule has 13 heavy (non-hydrogen) atoms. The molecule has 1 heterocycles. The number of thiophene rings is 1. The minimum Gasteiger partial charge on any atom is -0.133 e. The minimum absolute atomic E-state index is 0.197. The molecule has 0 aliphatic rings. The summed E-state index contributed by atoms with van der Waals surface area (Å²) in [7, 11) is 0. The summed E-state index contributed by atoms with van der Waals surface area (Å²) in [6.45, 7) is 4.33. The normalized spacial score (nSPS) is 13.2.